The van der Waals surface area contributed by atoms with Crippen molar-refractivity contribution in [3.63, 3.8) is 0 Å². The number of aromatic nitrogens is 3. The molecule has 0 radical (unpaired) electrons. The molecule has 0 saturated heterocycles. The lowest BCUT2D eigenvalue weighted by Gasteiger charge is -2.06. The van der Waals surface area contributed by atoms with E-state index in [1.165, 1.54) is 23.1 Å². The van der Waals surface area contributed by atoms with E-state index in [1.54, 1.807) is 18.5 Å². The first-order chi connectivity index (χ1) is 15.2. The molecule has 3 heterocycles. The number of ether oxygens (including phenoxy) is 1. The van der Waals surface area contributed by atoms with Crippen LogP contribution in [0.1, 0.15) is 12.6 Å². The monoisotopic (exact) mass is 448 g/mol. The number of nitrogens with zero attached hydrogens (tertiary/aromatic N) is 3. The zero-order valence-corrected chi connectivity index (χ0v) is 18.5. The standard InChI is InChI=1S/C23H20N4O2S2/c1-2-29-19-8-6-16(7-9-19)23-27-18(15-30-23)13-20(28)26-17-10-12-25-22(14-17)31-21-5-3-4-11-24-21/h3-12,14-15H,2,13H2,1H3,(H,25,26,28). The van der Waals surface area contributed by atoms with E-state index in [1.807, 2.05) is 60.8 Å². The average molecular weight is 449 g/mol. The van der Waals surface area contributed by atoms with Crippen LogP contribution in [0.2, 0.25) is 0 Å². The highest BCUT2D eigenvalue weighted by molar-refractivity contribution is 7.99. The van der Waals surface area contributed by atoms with Crippen molar-refractivity contribution < 1.29 is 9.53 Å². The van der Waals surface area contributed by atoms with Crippen LogP contribution in [0.15, 0.2) is 82.4 Å². The fourth-order valence-corrected chi connectivity index (χ4v) is 4.41. The lowest BCUT2D eigenvalue weighted by atomic mass is 10.2. The van der Waals surface area contributed by atoms with Crippen LogP contribution in [0.5, 0.6) is 5.75 Å². The summed E-state index contributed by atoms with van der Waals surface area (Å²) >= 11 is 2.97. The minimum atomic E-state index is -0.122. The van der Waals surface area contributed by atoms with Crippen molar-refractivity contribution >= 4 is 34.7 Å². The van der Waals surface area contributed by atoms with E-state index in [0.717, 1.165) is 32.1 Å². The van der Waals surface area contributed by atoms with Gasteiger partial charge in [0.15, 0.2) is 0 Å². The predicted molar refractivity (Wildman–Crippen MR) is 124 cm³/mol. The Morgan fingerprint density at radius 3 is 2.68 bits per heavy atom. The number of nitrogens with one attached hydrogen (secondary N) is 1. The zero-order valence-electron chi connectivity index (χ0n) is 16.8. The first-order valence-electron chi connectivity index (χ1n) is 9.72. The van der Waals surface area contributed by atoms with Crippen LogP contribution in [0, 0.1) is 0 Å². The van der Waals surface area contributed by atoms with E-state index in [9.17, 15) is 4.79 Å². The number of rotatable bonds is 8. The summed E-state index contributed by atoms with van der Waals surface area (Å²) in [6.45, 7) is 2.59. The van der Waals surface area contributed by atoms with E-state index in [-0.39, 0.29) is 12.3 Å². The third-order valence-corrected chi connectivity index (χ3v) is 5.99. The number of anilines is 1. The Labute approximate surface area is 188 Å². The first-order valence-corrected chi connectivity index (χ1v) is 11.4. The van der Waals surface area contributed by atoms with Gasteiger partial charge < -0.3 is 10.1 Å². The molecule has 156 valence electrons. The van der Waals surface area contributed by atoms with E-state index in [4.69, 9.17) is 4.74 Å². The number of hydrogen-bond acceptors (Lipinski definition) is 7. The highest BCUT2D eigenvalue weighted by Crippen LogP contribution is 2.27. The van der Waals surface area contributed by atoms with E-state index in [0.29, 0.717) is 12.3 Å². The number of amides is 1. The number of pyridine rings is 2. The quantitative estimate of drug-likeness (QED) is 0.393. The van der Waals surface area contributed by atoms with Crippen LogP contribution in [-0.4, -0.2) is 27.5 Å². The number of hydrogen-bond donors (Lipinski definition) is 1. The largest absolute Gasteiger partial charge is 0.494 e. The van der Waals surface area contributed by atoms with Gasteiger partial charge in [0.1, 0.15) is 20.8 Å². The summed E-state index contributed by atoms with van der Waals surface area (Å²) in [5.74, 6) is 0.712. The molecule has 0 spiro atoms. The second kappa shape index (κ2) is 10.2. The maximum Gasteiger partial charge on any atom is 0.230 e. The highest BCUT2D eigenvalue weighted by Gasteiger charge is 2.11. The molecule has 8 heteroatoms. The van der Waals surface area contributed by atoms with Gasteiger partial charge in [-0.3, -0.25) is 4.79 Å². The molecule has 4 aromatic rings. The molecule has 1 amide bonds. The van der Waals surface area contributed by atoms with Gasteiger partial charge in [0.05, 0.1) is 18.7 Å². The van der Waals surface area contributed by atoms with Gasteiger partial charge in [-0.05, 0) is 55.5 Å². The Morgan fingerprint density at radius 1 is 1.06 bits per heavy atom. The first kappa shape index (κ1) is 21.0. The van der Waals surface area contributed by atoms with Gasteiger partial charge in [-0.25, -0.2) is 15.0 Å². The Morgan fingerprint density at radius 2 is 1.90 bits per heavy atom. The van der Waals surface area contributed by atoms with Crippen molar-refractivity contribution in [2.45, 2.75) is 23.4 Å². The van der Waals surface area contributed by atoms with Gasteiger partial charge in [0, 0.05) is 29.0 Å². The summed E-state index contributed by atoms with van der Waals surface area (Å²) in [7, 11) is 0. The Bertz CT molecular complexity index is 1150. The van der Waals surface area contributed by atoms with Gasteiger partial charge in [-0.15, -0.1) is 11.3 Å². The third-order valence-electron chi connectivity index (χ3n) is 4.17. The van der Waals surface area contributed by atoms with Crippen molar-refractivity contribution in [2.75, 3.05) is 11.9 Å². The molecule has 0 fully saturated rings. The van der Waals surface area contributed by atoms with Crippen molar-refractivity contribution in [3.8, 4) is 16.3 Å². The summed E-state index contributed by atoms with van der Waals surface area (Å²) in [6, 6.07) is 17.1. The molecule has 0 aliphatic rings. The zero-order chi connectivity index (χ0) is 21.5. The summed E-state index contributed by atoms with van der Waals surface area (Å²) in [5, 5.41) is 7.33. The van der Waals surface area contributed by atoms with Crippen molar-refractivity contribution in [1.82, 2.24) is 15.0 Å². The molecule has 0 aliphatic heterocycles. The summed E-state index contributed by atoms with van der Waals surface area (Å²) in [6.07, 6.45) is 3.62. The van der Waals surface area contributed by atoms with E-state index in [2.05, 4.69) is 20.3 Å². The Hall–Kier alpha value is -3.23. The molecule has 6 nitrogen and oxygen atoms in total. The number of benzene rings is 1. The maximum atomic E-state index is 12.5. The SMILES string of the molecule is CCOc1ccc(-c2nc(CC(=O)Nc3ccnc(Sc4ccccn4)c3)cs2)cc1. The average Bonchev–Trinajstić information content (AvgIpc) is 3.24. The number of carbonyl (C=O) groups excluding carboxylic acids is 1. The molecule has 0 saturated carbocycles. The lowest BCUT2D eigenvalue weighted by molar-refractivity contribution is -0.115. The van der Waals surface area contributed by atoms with Gasteiger partial charge >= 0.3 is 0 Å². The minimum Gasteiger partial charge on any atom is -0.494 e. The van der Waals surface area contributed by atoms with Gasteiger partial charge in [-0.2, -0.15) is 0 Å². The molecule has 0 atom stereocenters. The molecule has 31 heavy (non-hydrogen) atoms. The second-order valence-electron chi connectivity index (χ2n) is 6.48. The van der Waals surface area contributed by atoms with Gasteiger partial charge in [-0.1, -0.05) is 17.8 Å². The van der Waals surface area contributed by atoms with E-state index >= 15 is 0 Å². The normalized spacial score (nSPS) is 10.6. The summed E-state index contributed by atoms with van der Waals surface area (Å²) in [5.41, 5.74) is 2.44. The topological polar surface area (TPSA) is 77.0 Å². The molecule has 1 N–H and O–H groups in total. The molecule has 4 rings (SSSR count). The minimum absolute atomic E-state index is 0.122. The fraction of sp³-hybridized carbons (Fsp3) is 0.130. The molecule has 0 bridgehead atoms. The Balaban J connectivity index is 1.36. The summed E-state index contributed by atoms with van der Waals surface area (Å²) < 4.78 is 5.47. The van der Waals surface area contributed by atoms with Crippen molar-refractivity contribution in [2.24, 2.45) is 0 Å². The van der Waals surface area contributed by atoms with Crippen LogP contribution < -0.4 is 10.1 Å². The van der Waals surface area contributed by atoms with Crippen molar-refractivity contribution in [1.29, 1.82) is 0 Å². The second-order valence-corrected chi connectivity index (χ2v) is 8.38. The fourth-order valence-electron chi connectivity index (χ4n) is 2.81. The Kier molecular flexibility index (Phi) is 6.91. The van der Waals surface area contributed by atoms with Crippen LogP contribution in [-0.2, 0) is 11.2 Å². The molecule has 0 aliphatic carbocycles. The van der Waals surface area contributed by atoms with Crippen LogP contribution in [0.25, 0.3) is 10.6 Å². The summed E-state index contributed by atoms with van der Waals surface area (Å²) in [4.78, 5) is 25.7. The highest BCUT2D eigenvalue weighted by atomic mass is 32.2. The molecular weight excluding hydrogens is 428 g/mol. The molecule has 0 unspecified atom stereocenters. The van der Waals surface area contributed by atoms with Crippen LogP contribution in [0.4, 0.5) is 5.69 Å². The van der Waals surface area contributed by atoms with Gasteiger partial charge in [0.25, 0.3) is 0 Å². The number of thiazole rings is 1. The van der Waals surface area contributed by atoms with Crippen LogP contribution >= 0.6 is 23.1 Å². The smallest absolute Gasteiger partial charge is 0.230 e. The third kappa shape index (κ3) is 5.90. The van der Waals surface area contributed by atoms with E-state index < -0.39 is 0 Å². The van der Waals surface area contributed by atoms with Crippen molar-refractivity contribution in [3.05, 3.63) is 78.1 Å². The molecule has 3 aromatic heterocycles. The molecular formula is C23H20N4O2S2. The van der Waals surface area contributed by atoms with Crippen LogP contribution in [0.3, 0.4) is 0 Å². The lowest BCUT2D eigenvalue weighted by Crippen LogP contribution is -2.14. The van der Waals surface area contributed by atoms with Gasteiger partial charge in [0.2, 0.25) is 5.91 Å². The maximum absolute atomic E-state index is 12.5. The molecule has 1 aromatic carbocycles. The predicted octanol–water partition coefficient (Wildman–Crippen LogP) is 5.33. The number of carbonyl (C=O) groups is 1.